The van der Waals surface area contributed by atoms with Gasteiger partial charge in [-0.3, -0.25) is 4.79 Å². The molecule has 0 aromatic carbocycles. The number of amides is 2. The van der Waals surface area contributed by atoms with Crippen molar-refractivity contribution in [3.63, 3.8) is 0 Å². The number of ether oxygens (including phenoxy) is 1. The number of rotatable bonds is 9. The van der Waals surface area contributed by atoms with Gasteiger partial charge in [-0.05, 0) is 42.9 Å². The number of aryl methyl sites for hydroxylation is 2. The molecule has 2 atom stereocenters. The van der Waals surface area contributed by atoms with Crippen LogP contribution in [0.25, 0.3) is 0 Å². The molecule has 33 heavy (non-hydrogen) atoms. The van der Waals surface area contributed by atoms with Crippen molar-refractivity contribution in [1.29, 1.82) is 0 Å². The molecule has 4 heterocycles. The predicted molar refractivity (Wildman–Crippen MR) is 120 cm³/mol. The first kappa shape index (κ1) is 22.8. The summed E-state index contributed by atoms with van der Waals surface area (Å²) in [5.41, 5.74) is 2.68. The Balaban J connectivity index is 1.36. The molecule has 2 aromatic rings. The third kappa shape index (κ3) is 5.33. The number of aromatic nitrogens is 2. The molecule has 3 N–H and O–H groups in total. The van der Waals surface area contributed by atoms with Gasteiger partial charge in [0.1, 0.15) is 12.0 Å². The number of methoxy groups -OCH3 is 1. The summed E-state index contributed by atoms with van der Waals surface area (Å²) >= 11 is 0. The second kappa shape index (κ2) is 10.0. The van der Waals surface area contributed by atoms with Crippen LogP contribution in [0.15, 0.2) is 30.5 Å². The number of aliphatic carboxylic acids is 1. The van der Waals surface area contributed by atoms with Gasteiger partial charge in [0, 0.05) is 37.6 Å². The molecular weight excluding hydrogens is 426 g/mol. The zero-order valence-corrected chi connectivity index (χ0v) is 18.6. The molecule has 1 saturated heterocycles. The highest BCUT2D eigenvalue weighted by molar-refractivity contribution is 5.78. The second-order valence-electron chi connectivity index (χ2n) is 8.32. The zero-order chi connectivity index (χ0) is 23.4. The van der Waals surface area contributed by atoms with Crippen LogP contribution in [0.2, 0.25) is 0 Å². The lowest BCUT2D eigenvalue weighted by molar-refractivity contribution is -0.138. The monoisotopic (exact) mass is 455 g/mol. The van der Waals surface area contributed by atoms with Crippen molar-refractivity contribution in [2.24, 2.45) is 0 Å². The minimum Gasteiger partial charge on any atom is -0.481 e. The molecule has 0 aliphatic carbocycles. The lowest BCUT2D eigenvalue weighted by Gasteiger charge is -2.27. The van der Waals surface area contributed by atoms with Crippen molar-refractivity contribution in [1.82, 2.24) is 19.8 Å². The lowest BCUT2D eigenvalue weighted by atomic mass is 10.0. The van der Waals surface area contributed by atoms with E-state index in [1.807, 2.05) is 12.1 Å². The molecule has 1 fully saturated rings. The van der Waals surface area contributed by atoms with Crippen LogP contribution in [0.5, 0.6) is 5.88 Å². The summed E-state index contributed by atoms with van der Waals surface area (Å²) < 4.78 is 5.07. The van der Waals surface area contributed by atoms with Gasteiger partial charge in [0.15, 0.2) is 0 Å². The first-order chi connectivity index (χ1) is 15.9. The Bertz CT molecular complexity index is 999. The van der Waals surface area contributed by atoms with Crippen molar-refractivity contribution in [2.45, 2.75) is 44.4 Å². The first-order valence-corrected chi connectivity index (χ1v) is 11.2. The van der Waals surface area contributed by atoms with E-state index < -0.39 is 18.2 Å². The summed E-state index contributed by atoms with van der Waals surface area (Å²) in [5, 5.41) is 22.2. The molecular formula is C23H29N5O5. The van der Waals surface area contributed by atoms with Gasteiger partial charge in [-0.25, -0.2) is 14.8 Å². The number of carbonyl (C=O) groups excluding carboxylic acids is 1. The Morgan fingerprint density at radius 2 is 2.15 bits per heavy atom. The molecule has 0 bridgehead atoms. The number of aliphatic hydroxyl groups excluding tert-OH is 1. The van der Waals surface area contributed by atoms with E-state index in [-0.39, 0.29) is 12.5 Å². The smallest absolute Gasteiger partial charge is 0.320 e. The fraction of sp³-hybridized carbons (Fsp3) is 0.478. The summed E-state index contributed by atoms with van der Waals surface area (Å²) in [6, 6.07) is 6.71. The number of fused-ring (bicyclic) bond motifs is 1. The van der Waals surface area contributed by atoms with Crippen LogP contribution in [-0.2, 0) is 17.6 Å². The summed E-state index contributed by atoms with van der Waals surface area (Å²) in [6.45, 7) is 1.57. The number of carbonyl (C=O) groups is 2. The zero-order valence-electron chi connectivity index (χ0n) is 18.6. The van der Waals surface area contributed by atoms with Crippen LogP contribution in [0.4, 0.5) is 10.6 Å². The Labute approximate surface area is 192 Å². The summed E-state index contributed by atoms with van der Waals surface area (Å²) in [5.74, 6) is 0.196. The van der Waals surface area contributed by atoms with Crippen LogP contribution >= 0.6 is 0 Å². The molecule has 0 radical (unpaired) electrons. The number of urea groups is 1. The summed E-state index contributed by atoms with van der Waals surface area (Å²) in [7, 11) is 1.51. The van der Waals surface area contributed by atoms with Crippen LogP contribution in [0.1, 0.15) is 42.1 Å². The second-order valence-corrected chi connectivity index (χ2v) is 8.32. The number of pyridine rings is 2. The fourth-order valence-corrected chi connectivity index (χ4v) is 4.35. The van der Waals surface area contributed by atoms with Crippen molar-refractivity contribution in [3.05, 3.63) is 47.3 Å². The molecule has 2 aliphatic rings. The summed E-state index contributed by atoms with van der Waals surface area (Å²) in [6.07, 6.45) is 3.73. The average Bonchev–Trinajstić information content (AvgIpc) is 3.17. The van der Waals surface area contributed by atoms with Gasteiger partial charge in [0.2, 0.25) is 5.88 Å². The van der Waals surface area contributed by atoms with E-state index in [1.165, 1.54) is 7.11 Å². The van der Waals surface area contributed by atoms with Crippen LogP contribution in [0.3, 0.4) is 0 Å². The molecule has 2 aliphatic heterocycles. The van der Waals surface area contributed by atoms with E-state index in [1.54, 1.807) is 28.1 Å². The van der Waals surface area contributed by atoms with Crippen LogP contribution < -0.4 is 10.1 Å². The van der Waals surface area contributed by atoms with E-state index in [0.29, 0.717) is 43.9 Å². The van der Waals surface area contributed by atoms with Gasteiger partial charge in [0.05, 0.1) is 19.6 Å². The number of carboxylic acid groups (broad SMARTS) is 1. The number of anilines is 1. The molecule has 176 valence electrons. The normalized spacial score (nSPS) is 18.6. The molecule has 0 saturated carbocycles. The average molecular weight is 456 g/mol. The van der Waals surface area contributed by atoms with E-state index >= 15 is 0 Å². The van der Waals surface area contributed by atoms with E-state index in [2.05, 4.69) is 15.3 Å². The van der Waals surface area contributed by atoms with E-state index in [4.69, 9.17) is 4.74 Å². The van der Waals surface area contributed by atoms with Gasteiger partial charge in [-0.15, -0.1) is 0 Å². The highest BCUT2D eigenvalue weighted by Crippen LogP contribution is 2.29. The SMILES string of the molecule is COc1ccc([C@H](CC(=O)O)N2CCN(CCCc3ccc4c(n3)NC(O)CC4)C2=O)cn1. The number of hydrogen-bond donors (Lipinski definition) is 3. The van der Waals surface area contributed by atoms with Crippen molar-refractivity contribution < 1.29 is 24.5 Å². The van der Waals surface area contributed by atoms with Crippen LogP contribution in [0, 0.1) is 0 Å². The van der Waals surface area contributed by atoms with Crippen molar-refractivity contribution in [3.8, 4) is 5.88 Å². The maximum atomic E-state index is 13.1. The third-order valence-corrected chi connectivity index (χ3v) is 6.11. The van der Waals surface area contributed by atoms with E-state index in [9.17, 15) is 19.8 Å². The van der Waals surface area contributed by atoms with Gasteiger partial charge in [0.25, 0.3) is 0 Å². The minimum absolute atomic E-state index is 0.166. The highest BCUT2D eigenvalue weighted by Gasteiger charge is 2.35. The highest BCUT2D eigenvalue weighted by atomic mass is 16.5. The molecule has 2 aromatic heterocycles. The maximum Gasteiger partial charge on any atom is 0.320 e. The molecule has 10 heteroatoms. The summed E-state index contributed by atoms with van der Waals surface area (Å²) in [4.78, 5) is 36.7. The van der Waals surface area contributed by atoms with Gasteiger partial charge in [-0.1, -0.05) is 12.1 Å². The fourth-order valence-electron chi connectivity index (χ4n) is 4.35. The Hall–Kier alpha value is -3.40. The number of nitrogens with zero attached hydrogens (tertiary/aromatic N) is 4. The lowest BCUT2D eigenvalue weighted by Crippen LogP contribution is -2.36. The Kier molecular flexibility index (Phi) is 6.93. The minimum atomic E-state index is -0.973. The van der Waals surface area contributed by atoms with Crippen molar-refractivity contribution >= 4 is 17.8 Å². The Morgan fingerprint density at radius 3 is 2.88 bits per heavy atom. The standard InChI is InChI=1S/C23H29N5O5/c1-33-20-9-6-16(14-24-20)18(13-21(30)31)28-12-11-27(23(28)32)10-2-3-17-7-4-15-5-8-19(29)26-22(15)25-17/h4,6-7,9,14,18-19,29H,2-3,5,8,10-13H2,1H3,(H,25,26)(H,30,31)/t18-,19?/m0/s1. The van der Waals surface area contributed by atoms with Gasteiger partial charge in [-0.2, -0.15) is 0 Å². The quantitative estimate of drug-likeness (QED) is 0.524. The number of carboxylic acids is 1. The third-order valence-electron chi connectivity index (χ3n) is 6.11. The molecule has 10 nitrogen and oxygen atoms in total. The molecule has 2 amide bonds. The van der Waals surface area contributed by atoms with E-state index in [0.717, 1.165) is 29.9 Å². The molecule has 0 spiro atoms. The predicted octanol–water partition coefficient (Wildman–Crippen LogP) is 2.05. The number of hydrogen-bond acceptors (Lipinski definition) is 7. The Morgan fingerprint density at radius 1 is 1.30 bits per heavy atom. The van der Waals surface area contributed by atoms with Crippen LogP contribution in [-0.4, -0.2) is 75.0 Å². The van der Waals surface area contributed by atoms with Gasteiger partial charge < -0.3 is 30.1 Å². The van der Waals surface area contributed by atoms with Crippen molar-refractivity contribution in [2.75, 3.05) is 32.1 Å². The number of nitrogens with one attached hydrogen (secondary N) is 1. The maximum absolute atomic E-state index is 13.1. The largest absolute Gasteiger partial charge is 0.481 e. The molecule has 1 unspecified atom stereocenters. The molecule has 4 rings (SSSR count). The topological polar surface area (TPSA) is 128 Å². The van der Waals surface area contributed by atoms with Gasteiger partial charge >= 0.3 is 12.0 Å². The first-order valence-electron chi connectivity index (χ1n) is 11.2. The number of aliphatic hydroxyl groups is 1.